The van der Waals surface area contributed by atoms with Gasteiger partial charge in [-0.2, -0.15) is 4.68 Å². The lowest BCUT2D eigenvalue weighted by Gasteiger charge is -2.14. The Morgan fingerprint density at radius 2 is 1.72 bits per heavy atom. The number of phenolic OH excluding ortho intramolecular Hbond substituents is 1. The Morgan fingerprint density at radius 3 is 2.41 bits per heavy atom. The number of hydrogen-bond donors (Lipinski definition) is 2. The average Bonchev–Trinajstić information content (AvgIpc) is 2.73. The Kier molecular flexibility index (Phi) is 5.09. The van der Waals surface area contributed by atoms with Crippen LogP contribution in [0.4, 0.5) is 24.7 Å². The van der Waals surface area contributed by atoms with Crippen LogP contribution in [0.5, 0.6) is 11.5 Å². The standard InChI is InChI=1S/C21H15F3N4O4/c1-27-10-2-3-17(20(27)31)25-18-16-11-13(29)6-9-15(16)19(30)28(26-18)12-4-7-14(8-5-12)32-21(22,23)24/h2-11,29H,1H3,(H,25,26). The fraction of sp³-hybridized carbons (Fsp3) is 0.0952. The van der Waals surface area contributed by atoms with Gasteiger partial charge in [0.25, 0.3) is 11.1 Å². The van der Waals surface area contributed by atoms with Gasteiger partial charge in [0.05, 0.1) is 11.1 Å². The summed E-state index contributed by atoms with van der Waals surface area (Å²) < 4.78 is 43.4. The Labute approximate surface area is 177 Å². The Bertz CT molecular complexity index is 1430. The molecule has 2 heterocycles. The number of phenols is 1. The van der Waals surface area contributed by atoms with Crippen molar-refractivity contribution in [3.05, 3.63) is 81.5 Å². The molecular weight excluding hydrogens is 429 g/mol. The number of ether oxygens (including phenoxy) is 1. The summed E-state index contributed by atoms with van der Waals surface area (Å²) in [6.07, 6.45) is -3.28. The molecule has 2 aromatic heterocycles. The molecule has 32 heavy (non-hydrogen) atoms. The summed E-state index contributed by atoms with van der Waals surface area (Å²) in [6.45, 7) is 0. The number of benzene rings is 2. The van der Waals surface area contributed by atoms with Gasteiger partial charge in [-0.1, -0.05) is 0 Å². The van der Waals surface area contributed by atoms with Gasteiger partial charge in [0.1, 0.15) is 17.2 Å². The van der Waals surface area contributed by atoms with E-state index in [1.165, 1.54) is 41.0 Å². The number of aryl methyl sites for hydroxylation is 1. The molecule has 0 unspecified atom stereocenters. The smallest absolute Gasteiger partial charge is 0.508 e. The summed E-state index contributed by atoms with van der Waals surface area (Å²) in [5.41, 5.74) is -0.584. The van der Waals surface area contributed by atoms with E-state index in [9.17, 15) is 27.9 Å². The highest BCUT2D eigenvalue weighted by Gasteiger charge is 2.31. The van der Waals surface area contributed by atoms with Gasteiger partial charge < -0.3 is 19.7 Å². The molecule has 0 radical (unpaired) electrons. The molecular formula is C21H15F3N4O4. The third kappa shape index (κ3) is 4.13. The van der Waals surface area contributed by atoms with Crippen LogP contribution in [0.25, 0.3) is 16.5 Å². The number of nitrogens with one attached hydrogen (secondary N) is 1. The maximum absolute atomic E-state index is 13.0. The molecule has 0 saturated carbocycles. The normalized spacial score (nSPS) is 11.5. The van der Waals surface area contributed by atoms with Gasteiger partial charge in [0.2, 0.25) is 0 Å². The number of hydrogen-bond acceptors (Lipinski definition) is 6. The van der Waals surface area contributed by atoms with Crippen molar-refractivity contribution in [2.45, 2.75) is 6.36 Å². The number of anilines is 2. The molecule has 0 aliphatic rings. The first-order chi connectivity index (χ1) is 15.1. The van der Waals surface area contributed by atoms with Crippen LogP contribution >= 0.6 is 0 Å². The number of pyridine rings is 1. The Hall–Kier alpha value is -4.28. The molecule has 4 aromatic rings. The highest BCUT2D eigenvalue weighted by Crippen LogP contribution is 2.27. The zero-order valence-electron chi connectivity index (χ0n) is 16.4. The van der Waals surface area contributed by atoms with E-state index in [0.717, 1.165) is 16.8 Å². The van der Waals surface area contributed by atoms with Crippen molar-refractivity contribution in [1.82, 2.24) is 14.3 Å². The number of aromatic hydroxyl groups is 1. The van der Waals surface area contributed by atoms with Crippen molar-refractivity contribution >= 4 is 22.3 Å². The number of nitrogens with zero attached hydrogens (tertiary/aromatic N) is 3. The molecule has 164 valence electrons. The van der Waals surface area contributed by atoms with E-state index in [1.54, 1.807) is 19.3 Å². The van der Waals surface area contributed by atoms with E-state index < -0.39 is 17.7 Å². The number of halogens is 3. The first-order valence-corrected chi connectivity index (χ1v) is 9.17. The molecule has 0 fully saturated rings. The SMILES string of the molecule is Cn1cccc(Nc2nn(-c3ccc(OC(F)(F)F)cc3)c(=O)c3ccc(O)cc23)c1=O. The fourth-order valence-electron chi connectivity index (χ4n) is 3.10. The van der Waals surface area contributed by atoms with Crippen molar-refractivity contribution in [2.24, 2.45) is 7.05 Å². The number of fused-ring (bicyclic) bond motifs is 1. The maximum Gasteiger partial charge on any atom is 0.573 e. The van der Waals surface area contributed by atoms with Crippen molar-refractivity contribution in [2.75, 3.05) is 5.32 Å². The van der Waals surface area contributed by atoms with Crippen LogP contribution < -0.4 is 21.2 Å². The number of rotatable bonds is 4. The van der Waals surface area contributed by atoms with Gasteiger partial charge in [0.15, 0.2) is 5.82 Å². The van der Waals surface area contributed by atoms with Crippen LogP contribution in [-0.2, 0) is 7.05 Å². The number of alkyl halides is 3. The van der Waals surface area contributed by atoms with E-state index in [1.807, 2.05) is 0 Å². The van der Waals surface area contributed by atoms with Crippen LogP contribution in [-0.4, -0.2) is 25.8 Å². The lowest BCUT2D eigenvalue weighted by molar-refractivity contribution is -0.274. The van der Waals surface area contributed by atoms with E-state index in [4.69, 9.17) is 0 Å². The molecule has 2 aromatic carbocycles. The van der Waals surface area contributed by atoms with Gasteiger partial charge >= 0.3 is 6.36 Å². The summed E-state index contributed by atoms with van der Waals surface area (Å²) >= 11 is 0. The van der Waals surface area contributed by atoms with Gasteiger partial charge in [0, 0.05) is 18.6 Å². The fourth-order valence-corrected chi connectivity index (χ4v) is 3.10. The largest absolute Gasteiger partial charge is 0.573 e. The van der Waals surface area contributed by atoms with Crippen LogP contribution in [0, 0.1) is 0 Å². The third-order valence-electron chi connectivity index (χ3n) is 4.57. The lowest BCUT2D eigenvalue weighted by Crippen LogP contribution is -2.24. The first kappa shape index (κ1) is 21.0. The molecule has 4 rings (SSSR count). The van der Waals surface area contributed by atoms with E-state index in [-0.39, 0.29) is 39.3 Å². The zero-order chi connectivity index (χ0) is 23.0. The van der Waals surface area contributed by atoms with Gasteiger partial charge in [-0.15, -0.1) is 18.3 Å². The quantitative estimate of drug-likeness (QED) is 0.501. The minimum absolute atomic E-state index is 0.0921. The minimum Gasteiger partial charge on any atom is -0.508 e. The van der Waals surface area contributed by atoms with Crippen LogP contribution in [0.15, 0.2) is 70.4 Å². The first-order valence-electron chi connectivity index (χ1n) is 9.17. The lowest BCUT2D eigenvalue weighted by atomic mass is 10.1. The molecule has 0 spiro atoms. The van der Waals surface area contributed by atoms with Crippen LogP contribution in [0.3, 0.4) is 0 Å². The highest BCUT2D eigenvalue weighted by molar-refractivity contribution is 5.93. The van der Waals surface area contributed by atoms with Crippen molar-refractivity contribution in [3.8, 4) is 17.2 Å². The van der Waals surface area contributed by atoms with Gasteiger partial charge in [-0.3, -0.25) is 9.59 Å². The molecule has 0 aliphatic carbocycles. The van der Waals surface area contributed by atoms with Crippen LogP contribution in [0.1, 0.15) is 0 Å². The molecule has 2 N–H and O–H groups in total. The van der Waals surface area contributed by atoms with Crippen molar-refractivity contribution in [3.63, 3.8) is 0 Å². The second-order valence-electron chi connectivity index (χ2n) is 6.80. The molecule has 11 heteroatoms. The summed E-state index contributed by atoms with van der Waals surface area (Å²) in [4.78, 5) is 25.4. The molecule has 8 nitrogen and oxygen atoms in total. The van der Waals surface area contributed by atoms with E-state index in [2.05, 4.69) is 15.2 Å². The Morgan fingerprint density at radius 1 is 1.00 bits per heavy atom. The highest BCUT2D eigenvalue weighted by atomic mass is 19.4. The molecule has 0 aliphatic heterocycles. The number of aromatic nitrogens is 3. The topological polar surface area (TPSA) is 98.4 Å². The molecule has 0 saturated heterocycles. The predicted molar refractivity (Wildman–Crippen MR) is 111 cm³/mol. The molecule has 0 atom stereocenters. The third-order valence-corrected chi connectivity index (χ3v) is 4.57. The zero-order valence-corrected chi connectivity index (χ0v) is 16.4. The average molecular weight is 444 g/mol. The summed E-state index contributed by atoms with van der Waals surface area (Å²) in [5, 5.41) is 17.4. The monoisotopic (exact) mass is 444 g/mol. The second kappa shape index (κ2) is 7.76. The van der Waals surface area contributed by atoms with E-state index in [0.29, 0.717) is 0 Å². The summed E-state index contributed by atoms with van der Waals surface area (Å²) in [5.74, 6) is -0.477. The Balaban J connectivity index is 1.86. The summed E-state index contributed by atoms with van der Waals surface area (Å²) in [7, 11) is 1.57. The minimum atomic E-state index is -4.85. The molecule has 0 bridgehead atoms. The molecule has 0 amide bonds. The second-order valence-corrected chi connectivity index (χ2v) is 6.80. The maximum atomic E-state index is 13.0. The predicted octanol–water partition coefficient (Wildman–Crippen LogP) is 3.43. The van der Waals surface area contributed by atoms with Crippen molar-refractivity contribution < 1.29 is 23.0 Å². The van der Waals surface area contributed by atoms with Crippen LogP contribution in [0.2, 0.25) is 0 Å². The van der Waals surface area contributed by atoms with E-state index >= 15 is 0 Å². The van der Waals surface area contributed by atoms with Gasteiger partial charge in [-0.05, 0) is 54.6 Å². The van der Waals surface area contributed by atoms with Gasteiger partial charge in [-0.25, -0.2) is 0 Å². The van der Waals surface area contributed by atoms with Crippen molar-refractivity contribution in [1.29, 1.82) is 0 Å². The summed E-state index contributed by atoms with van der Waals surface area (Å²) in [6, 6.07) is 11.8.